The molecule has 2 rings (SSSR count). The Morgan fingerprint density at radius 3 is 2.48 bits per heavy atom. The first kappa shape index (κ1) is 15.0. The minimum absolute atomic E-state index is 0.0358. The number of aromatic hydroxyl groups is 1. The number of carbonyl (C=O) groups excluding carboxylic acids is 1. The van der Waals surface area contributed by atoms with E-state index in [1.807, 2.05) is 0 Å². The van der Waals surface area contributed by atoms with Crippen LogP contribution in [0.5, 0.6) is 5.75 Å². The van der Waals surface area contributed by atoms with Gasteiger partial charge in [-0.25, -0.2) is 9.18 Å². The Kier molecular flexibility index (Phi) is 4.23. The van der Waals surface area contributed by atoms with E-state index in [-0.39, 0.29) is 11.3 Å². The number of carboxylic acids is 1. The van der Waals surface area contributed by atoms with Crippen molar-refractivity contribution in [3.63, 3.8) is 0 Å². The zero-order valence-corrected chi connectivity index (χ0v) is 12.0. The summed E-state index contributed by atoms with van der Waals surface area (Å²) in [7, 11) is 0. The molecule has 0 aliphatic carbocycles. The van der Waals surface area contributed by atoms with Crippen LogP contribution in [-0.4, -0.2) is 22.1 Å². The summed E-state index contributed by atoms with van der Waals surface area (Å²) in [6, 6.07) is 7.49. The fourth-order valence-electron chi connectivity index (χ4n) is 1.67. The molecule has 0 aliphatic heterocycles. The largest absolute Gasteiger partial charge is 0.507 e. The van der Waals surface area contributed by atoms with E-state index in [1.165, 1.54) is 30.3 Å². The maximum absolute atomic E-state index is 13.6. The molecule has 1 amide bonds. The van der Waals surface area contributed by atoms with Crippen molar-refractivity contribution in [2.75, 3.05) is 5.32 Å². The van der Waals surface area contributed by atoms with Gasteiger partial charge < -0.3 is 15.5 Å². The van der Waals surface area contributed by atoms with Gasteiger partial charge in [-0.3, -0.25) is 4.79 Å². The summed E-state index contributed by atoms with van der Waals surface area (Å²) in [4.78, 5) is 22.8. The van der Waals surface area contributed by atoms with Crippen molar-refractivity contribution < 1.29 is 24.2 Å². The lowest BCUT2D eigenvalue weighted by molar-refractivity contribution is 0.0696. The van der Waals surface area contributed by atoms with Gasteiger partial charge in [-0.2, -0.15) is 0 Å². The van der Waals surface area contributed by atoms with Gasteiger partial charge in [0.05, 0.1) is 11.3 Å². The van der Waals surface area contributed by atoms with Crippen molar-refractivity contribution in [1.82, 2.24) is 0 Å². The molecule has 0 aliphatic rings. The van der Waals surface area contributed by atoms with Crippen LogP contribution in [0.15, 0.2) is 40.9 Å². The lowest BCUT2D eigenvalue weighted by Gasteiger charge is -2.09. The maximum atomic E-state index is 13.6. The number of rotatable bonds is 3. The van der Waals surface area contributed by atoms with Crippen LogP contribution in [0.1, 0.15) is 20.7 Å². The summed E-state index contributed by atoms with van der Waals surface area (Å²) in [6.07, 6.45) is 0. The first-order valence-electron chi connectivity index (χ1n) is 5.72. The van der Waals surface area contributed by atoms with Crippen molar-refractivity contribution in [2.45, 2.75) is 0 Å². The topological polar surface area (TPSA) is 86.6 Å². The van der Waals surface area contributed by atoms with Crippen molar-refractivity contribution in [3.8, 4) is 5.75 Å². The van der Waals surface area contributed by atoms with Crippen LogP contribution < -0.4 is 5.32 Å². The number of phenols is 1. The predicted molar refractivity (Wildman–Crippen MR) is 77.1 cm³/mol. The number of halogens is 2. The third kappa shape index (κ3) is 3.19. The van der Waals surface area contributed by atoms with Crippen LogP contribution in [0, 0.1) is 5.82 Å². The van der Waals surface area contributed by atoms with E-state index >= 15 is 0 Å². The van der Waals surface area contributed by atoms with Crippen LogP contribution in [0.25, 0.3) is 0 Å². The van der Waals surface area contributed by atoms with Crippen LogP contribution in [0.2, 0.25) is 0 Å². The molecule has 0 saturated carbocycles. The Balaban J connectivity index is 2.30. The van der Waals surface area contributed by atoms with Gasteiger partial charge in [-0.1, -0.05) is 6.07 Å². The third-order valence-corrected chi connectivity index (χ3v) is 3.34. The van der Waals surface area contributed by atoms with Gasteiger partial charge in [0.1, 0.15) is 17.1 Å². The second-order valence-electron chi connectivity index (χ2n) is 4.09. The molecule has 3 N–H and O–H groups in total. The summed E-state index contributed by atoms with van der Waals surface area (Å²) in [5.41, 5.74) is -0.187. The SMILES string of the molecule is O=C(O)c1ccc(NC(=O)c2c(O)cccc2F)c(Br)c1. The molecular weight excluding hydrogens is 345 g/mol. The molecule has 0 bridgehead atoms. The van der Waals surface area contributed by atoms with Gasteiger partial charge in [0, 0.05) is 4.47 Å². The Morgan fingerprint density at radius 1 is 1.19 bits per heavy atom. The molecule has 2 aromatic rings. The summed E-state index contributed by atoms with van der Waals surface area (Å²) in [5, 5.41) is 20.8. The summed E-state index contributed by atoms with van der Waals surface area (Å²) >= 11 is 3.12. The first-order valence-corrected chi connectivity index (χ1v) is 6.51. The number of carbonyl (C=O) groups is 2. The molecule has 0 radical (unpaired) electrons. The molecule has 0 heterocycles. The number of benzene rings is 2. The van der Waals surface area contributed by atoms with Gasteiger partial charge in [0.15, 0.2) is 0 Å². The number of hydrogen-bond acceptors (Lipinski definition) is 3. The molecule has 0 spiro atoms. The van der Waals surface area contributed by atoms with Crippen molar-refractivity contribution in [2.24, 2.45) is 0 Å². The molecule has 0 atom stereocenters. The Labute approximate surface area is 127 Å². The molecule has 5 nitrogen and oxygen atoms in total. The highest BCUT2D eigenvalue weighted by molar-refractivity contribution is 9.10. The van der Waals surface area contributed by atoms with Gasteiger partial charge in [-0.15, -0.1) is 0 Å². The fraction of sp³-hybridized carbons (Fsp3) is 0. The average Bonchev–Trinajstić information content (AvgIpc) is 2.40. The highest BCUT2D eigenvalue weighted by atomic mass is 79.9. The van der Waals surface area contributed by atoms with Gasteiger partial charge >= 0.3 is 5.97 Å². The van der Waals surface area contributed by atoms with E-state index in [0.717, 1.165) is 6.07 Å². The minimum Gasteiger partial charge on any atom is -0.507 e. The molecule has 108 valence electrons. The quantitative estimate of drug-likeness (QED) is 0.790. The first-order chi connectivity index (χ1) is 9.90. The summed E-state index contributed by atoms with van der Waals surface area (Å²) < 4.78 is 13.9. The molecule has 21 heavy (non-hydrogen) atoms. The van der Waals surface area contributed by atoms with Crippen LogP contribution in [0.4, 0.5) is 10.1 Å². The summed E-state index contributed by atoms with van der Waals surface area (Å²) in [5.74, 6) is -3.29. The smallest absolute Gasteiger partial charge is 0.335 e. The van der Waals surface area contributed by atoms with E-state index in [2.05, 4.69) is 21.2 Å². The second kappa shape index (κ2) is 5.92. The highest BCUT2D eigenvalue weighted by Crippen LogP contribution is 2.26. The number of amides is 1. The molecule has 0 fully saturated rings. The van der Waals surface area contributed by atoms with Gasteiger partial charge in [0.25, 0.3) is 5.91 Å². The molecule has 0 aromatic heterocycles. The zero-order chi connectivity index (χ0) is 15.6. The number of nitrogens with one attached hydrogen (secondary N) is 1. The molecule has 0 saturated heterocycles. The molecule has 2 aromatic carbocycles. The average molecular weight is 354 g/mol. The van der Waals surface area contributed by atoms with Crippen LogP contribution >= 0.6 is 15.9 Å². The highest BCUT2D eigenvalue weighted by Gasteiger charge is 2.18. The van der Waals surface area contributed by atoms with Crippen molar-refractivity contribution >= 4 is 33.5 Å². The predicted octanol–water partition coefficient (Wildman–Crippen LogP) is 3.24. The van der Waals surface area contributed by atoms with Crippen molar-refractivity contribution in [1.29, 1.82) is 0 Å². The maximum Gasteiger partial charge on any atom is 0.335 e. The number of phenolic OH excluding ortho intramolecular Hbond substituents is 1. The van der Waals surface area contributed by atoms with E-state index in [1.54, 1.807) is 0 Å². The molecule has 7 heteroatoms. The standard InChI is InChI=1S/C14H9BrFNO4/c15-8-6-7(14(20)21)4-5-10(8)17-13(19)12-9(16)2-1-3-11(12)18/h1-6,18H,(H,17,19)(H,20,21). The van der Waals surface area contributed by atoms with Crippen molar-refractivity contribution in [3.05, 3.63) is 57.8 Å². The normalized spacial score (nSPS) is 10.2. The number of aromatic carboxylic acids is 1. The zero-order valence-electron chi connectivity index (χ0n) is 10.4. The van der Waals surface area contributed by atoms with E-state index in [0.29, 0.717) is 4.47 Å². The van der Waals surface area contributed by atoms with E-state index in [4.69, 9.17) is 5.11 Å². The van der Waals surface area contributed by atoms with E-state index < -0.39 is 29.0 Å². The molecular formula is C14H9BrFNO4. The number of hydrogen-bond donors (Lipinski definition) is 3. The minimum atomic E-state index is -1.11. The van der Waals surface area contributed by atoms with Gasteiger partial charge in [0.2, 0.25) is 0 Å². The second-order valence-corrected chi connectivity index (χ2v) is 4.94. The Bertz CT molecular complexity index is 713. The number of anilines is 1. The summed E-state index contributed by atoms with van der Waals surface area (Å²) in [6.45, 7) is 0. The van der Waals surface area contributed by atoms with E-state index in [9.17, 15) is 19.1 Å². The lowest BCUT2D eigenvalue weighted by atomic mass is 10.1. The molecule has 0 unspecified atom stereocenters. The fourth-order valence-corrected chi connectivity index (χ4v) is 2.15. The Morgan fingerprint density at radius 2 is 1.90 bits per heavy atom. The third-order valence-electron chi connectivity index (χ3n) is 2.68. The van der Waals surface area contributed by atoms with Gasteiger partial charge in [-0.05, 0) is 46.3 Å². The van der Waals surface area contributed by atoms with Crippen LogP contribution in [-0.2, 0) is 0 Å². The number of carboxylic acid groups (broad SMARTS) is 1. The Hall–Kier alpha value is -2.41. The lowest BCUT2D eigenvalue weighted by Crippen LogP contribution is -2.14. The van der Waals surface area contributed by atoms with Crippen LogP contribution in [0.3, 0.4) is 0 Å². The monoisotopic (exact) mass is 353 g/mol.